The first-order valence-electron chi connectivity index (χ1n) is 7.65. The van der Waals surface area contributed by atoms with E-state index in [0.29, 0.717) is 24.8 Å². The average Bonchev–Trinajstić information content (AvgIpc) is 3.10. The van der Waals surface area contributed by atoms with E-state index in [1.807, 2.05) is 11.4 Å². The second-order valence-electron chi connectivity index (χ2n) is 5.53. The number of nitrogens with zero attached hydrogens (tertiary/aromatic N) is 1. The highest BCUT2D eigenvalue weighted by Gasteiger charge is 2.25. The smallest absolute Gasteiger partial charge is 0.240 e. The van der Waals surface area contributed by atoms with Gasteiger partial charge >= 0.3 is 0 Å². The highest BCUT2D eigenvalue weighted by molar-refractivity contribution is 7.89. The summed E-state index contributed by atoms with van der Waals surface area (Å²) in [5.74, 6) is 0. The minimum Gasteiger partial charge on any atom is -0.379 e. The predicted molar refractivity (Wildman–Crippen MR) is 96.1 cm³/mol. The van der Waals surface area contributed by atoms with Crippen LogP contribution in [0.4, 0.5) is 0 Å². The molecule has 3 rings (SSSR count). The molecule has 1 aromatic heterocycles. The normalized spacial score (nSPS) is 17.7. The van der Waals surface area contributed by atoms with Gasteiger partial charge in [0.15, 0.2) is 0 Å². The van der Waals surface area contributed by atoms with Crippen LogP contribution >= 0.6 is 22.9 Å². The van der Waals surface area contributed by atoms with Crippen molar-refractivity contribution >= 4 is 33.0 Å². The number of morpholine rings is 1. The molecule has 0 saturated carbocycles. The number of halogens is 1. The van der Waals surface area contributed by atoms with E-state index in [1.54, 1.807) is 29.5 Å². The quantitative estimate of drug-likeness (QED) is 0.829. The number of rotatable bonds is 6. The van der Waals surface area contributed by atoms with Crippen molar-refractivity contribution in [3.63, 3.8) is 0 Å². The molecule has 130 valence electrons. The second-order valence-corrected chi connectivity index (χ2v) is 8.51. The molecule has 2 heterocycles. The number of thiophene rings is 1. The van der Waals surface area contributed by atoms with Crippen molar-refractivity contribution in [3.05, 3.63) is 51.7 Å². The van der Waals surface area contributed by atoms with Crippen molar-refractivity contribution in [1.29, 1.82) is 0 Å². The zero-order valence-corrected chi connectivity index (χ0v) is 15.4. The van der Waals surface area contributed by atoms with Gasteiger partial charge in [0.25, 0.3) is 0 Å². The molecular formula is C16H19ClN2O3S2. The van der Waals surface area contributed by atoms with Gasteiger partial charge in [-0.3, -0.25) is 4.90 Å². The predicted octanol–water partition coefficient (Wildman–Crippen LogP) is 2.75. The van der Waals surface area contributed by atoms with Crippen LogP contribution in [0.1, 0.15) is 11.6 Å². The third-order valence-corrected chi connectivity index (χ3v) is 6.35. The molecule has 5 nitrogen and oxygen atoms in total. The summed E-state index contributed by atoms with van der Waals surface area (Å²) in [6, 6.07) is 8.32. The van der Waals surface area contributed by atoms with Crippen molar-refractivity contribution in [2.45, 2.75) is 10.9 Å². The number of nitrogens with one attached hydrogen (secondary N) is 1. The average molecular weight is 387 g/mol. The van der Waals surface area contributed by atoms with Gasteiger partial charge in [-0.2, -0.15) is 11.3 Å². The molecule has 1 N–H and O–H groups in total. The van der Waals surface area contributed by atoms with Crippen molar-refractivity contribution in [1.82, 2.24) is 9.62 Å². The van der Waals surface area contributed by atoms with Gasteiger partial charge in [0.1, 0.15) is 0 Å². The van der Waals surface area contributed by atoms with Crippen LogP contribution in [0.25, 0.3) is 0 Å². The van der Waals surface area contributed by atoms with Gasteiger partial charge in [-0.1, -0.05) is 17.7 Å². The summed E-state index contributed by atoms with van der Waals surface area (Å²) in [6.07, 6.45) is 0. The topological polar surface area (TPSA) is 58.6 Å². The summed E-state index contributed by atoms with van der Waals surface area (Å²) in [5, 5.41) is 4.47. The lowest BCUT2D eigenvalue weighted by molar-refractivity contribution is 0.0173. The van der Waals surface area contributed by atoms with Crippen molar-refractivity contribution in [2.75, 3.05) is 32.8 Å². The van der Waals surface area contributed by atoms with Gasteiger partial charge in [-0.25, -0.2) is 13.1 Å². The molecule has 0 amide bonds. The summed E-state index contributed by atoms with van der Waals surface area (Å²) >= 11 is 7.51. The van der Waals surface area contributed by atoms with Crippen molar-refractivity contribution in [3.8, 4) is 0 Å². The van der Waals surface area contributed by atoms with Crippen LogP contribution in [0.5, 0.6) is 0 Å². The molecule has 0 unspecified atom stereocenters. The van der Waals surface area contributed by atoms with Crippen LogP contribution in [0.3, 0.4) is 0 Å². The van der Waals surface area contributed by atoms with Gasteiger partial charge in [0.2, 0.25) is 10.0 Å². The Morgan fingerprint density at radius 2 is 2.08 bits per heavy atom. The molecule has 8 heteroatoms. The van der Waals surface area contributed by atoms with Gasteiger partial charge < -0.3 is 4.74 Å². The van der Waals surface area contributed by atoms with E-state index in [0.717, 1.165) is 18.7 Å². The molecule has 1 fully saturated rings. The lowest BCUT2D eigenvalue weighted by Crippen LogP contribution is -2.43. The van der Waals surface area contributed by atoms with E-state index in [-0.39, 0.29) is 10.9 Å². The Bertz CT molecular complexity index is 759. The maximum Gasteiger partial charge on any atom is 0.240 e. The Hall–Kier alpha value is -0.960. The molecule has 1 aromatic carbocycles. The molecule has 1 aliphatic heterocycles. The van der Waals surface area contributed by atoms with Crippen LogP contribution in [-0.4, -0.2) is 46.2 Å². The molecule has 0 radical (unpaired) electrons. The zero-order chi connectivity index (χ0) is 17.0. The number of ether oxygens (including phenoxy) is 1. The van der Waals surface area contributed by atoms with Crippen LogP contribution in [-0.2, 0) is 14.8 Å². The van der Waals surface area contributed by atoms with E-state index < -0.39 is 10.0 Å². The Balaban J connectivity index is 1.75. The van der Waals surface area contributed by atoms with Crippen molar-refractivity contribution < 1.29 is 13.2 Å². The third kappa shape index (κ3) is 4.36. The number of sulfonamides is 1. The van der Waals surface area contributed by atoms with E-state index in [1.165, 1.54) is 6.07 Å². The van der Waals surface area contributed by atoms with Gasteiger partial charge in [0.05, 0.1) is 18.1 Å². The van der Waals surface area contributed by atoms with Crippen molar-refractivity contribution in [2.24, 2.45) is 0 Å². The van der Waals surface area contributed by atoms with Crippen LogP contribution in [0.15, 0.2) is 46.0 Å². The summed E-state index contributed by atoms with van der Waals surface area (Å²) in [5.41, 5.74) is 1.12. The standard InChI is InChI=1S/C16H19ClN2O3S2/c17-14-2-1-3-15(10-14)24(20,21)18-11-16(13-4-9-23-12-13)19-5-7-22-8-6-19/h1-4,9-10,12,16,18H,5-8,11H2/t16-/m0/s1. The molecule has 1 saturated heterocycles. The Kier molecular flexibility index (Phi) is 5.91. The van der Waals surface area contributed by atoms with Crippen LogP contribution in [0.2, 0.25) is 5.02 Å². The molecule has 0 aliphatic carbocycles. The Morgan fingerprint density at radius 3 is 2.75 bits per heavy atom. The number of hydrogen-bond acceptors (Lipinski definition) is 5. The fraction of sp³-hybridized carbons (Fsp3) is 0.375. The van der Waals surface area contributed by atoms with E-state index >= 15 is 0 Å². The highest BCUT2D eigenvalue weighted by Crippen LogP contribution is 2.24. The zero-order valence-electron chi connectivity index (χ0n) is 13.0. The fourth-order valence-corrected chi connectivity index (χ4v) is 4.76. The largest absolute Gasteiger partial charge is 0.379 e. The molecule has 0 bridgehead atoms. The van der Waals surface area contributed by atoms with Crippen LogP contribution in [0, 0.1) is 0 Å². The molecule has 24 heavy (non-hydrogen) atoms. The second kappa shape index (κ2) is 7.95. The minimum absolute atomic E-state index is 0.00545. The van der Waals surface area contributed by atoms with E-state index in [9.17, 15) is 8.42 Å². The maximum atomic E-state index is 12.5. The first-order chi connectivity index (χ1) is 11.6. The fourth-order valence-electron chi connectivity index (χ4n) is 2.72. The summed E-state index contributed by atoms with van der Waals surface area (Å²) < 4.78 is 33.2. The van der Waals surface area contributed by atoms with Gasteiger partial charge in [0, 0.05) is 30.7 Å². The Labute approximate surface area is 151 Å². The van der Waals surface area contributed by atoms with Gasteiger partial charge in [-0.05, 0) is 40.6 Å². The van der Waals surface area contributed by atoms with E-state index in [4.69, 9.17) is 16.3 Å². The lowest BCUT2D eigenvalue weighted by Gasteiger charge is -2.34. The minimum atomic E-state index is -3.60. The molecule has 1 aliphatic rings. The molecular weight excluding hydrogens is 368 g/mol. The summed E-state index contributed by atoms with van der Waals surface area (Å²) in [6.45, 7) is 3.23. The van der Waals surface area contributed by atoms with Gasteiger partial charge in [-0.15, -0.1) is 0 Å². The lowest BCUT2D eigenvalue weighted by atomic mass is 10.1. The summed E-state index contributed by atoms with van der Waals surface area (Å²) in [4.78, 5) is 2.44. The monoisotopic (exact) mass is 386 g/mol. The molecule has 0 spiro atoms. The maximum absolute atomic E-state index is 12.5. The van der Waals surface area contributed by atoms with Crippen LogP contribution < -0.4 is 4.72 Å². The SMILES string of the molecule is O=S(=O)(NC[C@@H](c1ccsc1)N1CCOCC1)c1cccc(Cl)c1. The van der Waals surface area contributed by atoms with E-state index in [2.05, 4.69) is 15.0 Å². The number of hydrogen-bond donors (Lipinski definition) is 1. The molecule has 2 aromatic rings. The molecule has 1 atom stereocenters. The third-order valence-electron chi connectivity index (χ3n) is 3.99. The number of benzene rings is 1. The first kappa shape index (κ1) is 17.8. The Morgan fingerprint density at radius 1 is 1.29 bits per heavy atom. The summed E-state index contributed by atoms with van der Waals surface area (Å²) in [7, 11) is -3.60. The highest BCUT2D eigenvalue weighted by atomic mass is 35.5. The first-order valence-corrected chi connectivity index (χ1v) is 10.5.